The van der Waals surface area contributed by atoms with Crippen LogP contribution in [0.3, 0.4) is 0 Å². The van der Waals surface area contributed by atoms with E-state index in [4.69, 9.17) is 9.05 Å². The summed E-state index contributed by atoms with van der Waals surface area (Å²) < 4.78 is 10.3. The molecule has 0 unspecified atom stereocenters. The van der Waals surface area contributed by atoms with Crippen LogP contribution >= 0.6 is 0 Å². The molecule has 3 rings (SSSR count). The van der Waals surface area contributed by atoms with E-state index < -0.39 is 0 Å². The molecule has 0 saturated carbocycles. The second-order valence-electron chi connectivity index (χ2n) is 6.06. The molecule has 1 fully saturated rings. The molecule has 0 bridgehead atoms. The summed E-state index contributed by atoms with van der Waals surface area (Å²) in [5.74, 6) is 2.19. The van der Waals surface area contributed by atoms with Gasteiger partial charge in [-0.15, -0.1) is 0 Å². The smallest absolute Gasteiger partial charge is 0.276 e. The molecular formula is C15H20N4O3. The molecule has 0 N–H and O–H groups in total. The number of aryl methyl sites for hydroxylation is 1. The maximum atomic E-state index is 12.4. The van der Waals surface area contributed by atoms with Gasteiger partial charge in [0.15, 0.2) is 11.5 Å². The minimum absolute atomic E-state index is 0.103. The van der Waals surface area contributed by atoms with Crippen LogP contribution in [0.25, 0.3) is 0 Å². The van der Waals surface area contributed by atoms with Crippen molar-refractivity contribution < 1.29 is 13.8 Å². The summed E-state index contributed by atoms with van der Waals surface area (Å²) >= 11 is 0. The molecule has 2 aromatic heterocycles. The Morgan fingerprint density at radius 3 is 2.82 bits per heavy atom. The molecular weight excluding hydrogens is 284 g/mol. The highest BCUT2D eigenvalue weighted by Gasteiger charge is 2.29. The molecule has 0 aromatic carbocycles. The third-order valence-corrected chi connectivity index (χ3v) is 3.87. The molecule has 2 aromatic rings. The number of hydrogen-bond acceptors (Lipinski definition) is 6. The number of aromatic nitrogens is 3. The average molecular weight is 304 g/mol. The molecule has 1 atom stereocenters. The van der Waals surface area contributed by atoms with Crippen molar-refractivity contribution in [3.8, 4) is 0 Å². The minimum atomic E-state index is -0.103. The van der Waals surface area contributed by atoms with Crippen molar-refractivity contribution in [2.75, 3.05) is 13.1 Å². The Morgan fingerprint density at radius 2 is 2.18 bits per heavy atom. The van der Waals surface area contributed by atoms with Crippen molar-refractivity contribution in [1.82, 2.24) is 20.2 Å². The first kappa shape index (κ1) is 14.7. The average Bonchev–Trinajstić information content (AvgIpc) is 3.15. The number of amides is 1. The van der Waals surface area contributed by atoms with Crippen LogP contribution in [0, 0.1) is 6.92 Å². The topological polar surface area (TPSA) is 85.3 Å². The summed E-state index contributed by atoms with van der Waals surface area (Å²) in [4.78, 5) is 18.7. The number of likely N-dealkylation sites (tertiary alicyclic amines) is 1. The van der Waals surface area contributed by atoms with Gasteiger partial charge in [0.25, 0.3) is 5.91 Å². The summed E-state index contributed by atoms with van der Waals surface area (Å²) in [6, 6.07) is 1.66. The Morgan fingerprint density at radius 1 is 1.36 bits per heavy atom. The molecule has 7 heteroatoms. The zero-order valence-electron chi connectivity index (χ0n) is 13.1. The second kappa shape index (κ2) is 5.90. The number of carbonyl (C=O) groups is 1. The maximum absolute atomic E-state index is 12.4. The van der Waals surface area contributed by atoms with Crippen molar-refractivity contribution in [3.63, 3.8) is 0 Å². The van der Waals surface area contributed by atoms with Crippen LogP contribution in [0.2, 0.25) is 0 Å². The van der Waals surface area contributed by atoms with E-state index >= 15 is 0 Å². The molecule has 1 aliphatic heterocycles. The van der Waals surface area contributed by atoms with Gasteiger partial charge in [0.2, 0.25) is 5.89 Å². The lowest BCUT2D eigenvalue weighted by Crippen LogP contribution is -2.39. The molecule has 7 nitrogen and oxygen atoms in total. The largest absolute Gasteiger partial charge is 0.361 e. The van der Waals surface area contributed by atoms with E-state index in [1.165, 1.54) is 0 Å². The predicted molar refractivity (Wildman–Crippen MR) is 77.5 cm³/mol. The van der Waals surface area contributed by atoms with Gasteiger partial charge in [-0.3, -0.25) is 4.79 Å². The van der Waals surface area contributed by atoms with Crippen LogP contribution in [-0.4, -0.2) is 39.2 Å². The number of nitrogens with zero attached hydrogens (tertiary/aromatic N) is 4. The maximum Gasteiger partial charge on any atom is 0.276 e. The van der Waals surface area contributed by atoms with Crippen molar-refractivity contribution in [2.24, 2.45) is 0 Å². The minimum Gasteiger partial charge on any atom is -0.361 e. The number of carbonyl (C=O) groups excluding carboxylic acids is 1. The summed E-state index contributed by atoms with van der Waals surface area (Å²) in [5, 5.41) is 7.87. The SMILES string of the molecule is Cc1cc(C(=O)N2CCC[C@H](c3noc(C(C)C)n3)C2)no1. The van der Waals surface area contributed by atoms with Crippen molar-refractivity contribution in [3.05, 3.63) is 29.2 Å². The first-order valence-electron chi connectivity index (χ1n) is 7.60. The van der Waals surface area contributed by atoms with Gasteiger partial charge >= 0.3 is 0 Å². The fourth-order valence-corrected chi connectivity index (χ4v) is 2.65. The third kappa shape index (κ3) is 2.88. The molecule has 118 valence electrons. The number of rotatable bonds is 3. The lowest BCUT2D eigenvalue weighted by Gasteiger charge is -2.30. The molecule has 0 radical (unpaired) electrons. The molecule has 1 saturated heterocycles. The standard InChI is InChI=1S/C15H20N4O3/c1-9(2)14-16-13(18-22-14)11-5-4-6-19(8-11)15(20)12-7-10(3)21-17-12/h7,9,11H,4-6,8H2,1-3H3/t11-/m0/s1. The van der Waals surface area contributed by atoms with Gasteiger partial charge in [-0.2, -0.15) is 4.98 Å². The van der Waals surface area contributed by atoms with Gasteiger partial charge in [-0.1, -0.05) is 24.2 Å². The van der Waals surface area contributed by atoms with Gasteiger partial charge in [0, 0.05) is 31.0 Å². The summed E-state index contributed by atoms with van der Waals surface area (Å²) in [6.45, 7) is 7.11. The predicted octanol–water partition coefficient (Wildman–Crippen LogP) is 2.51. The zero-order chi connectivity index (χ0) is 15.7. The Bertz CT molecular complexity index is 661. The lowest BCUT2D eigenvalue weighted by molar-refractivity contribution is 0.0693. The van der Waals surface area contributed by atoms with Gasteiger partial charge < -0.3 is 13.9 Å². The third-order valence-electron chi connectivity index (χ3n) is 3.87. The van der Waals surface area contributed by atoms with E-state index in [-0.39, 0.29) is 17.7 Å². The number of hydrogen-bond donors (Lipinski definition) is 0. The van der Waals surface area contributed by atoms with Crippen LogP contribution in [0.15, 0.2) is 15.1 Å². The second-order valence-corrected chi connectivity index (χ2v) is 6.06. The van der Waals surface area contributed by atoms with Crippen molar-refractivity contribution >= 4 is 5.91 Å². The zero-order valence-corrected chi connectivity index (χ0v) is 13.1. The Hall–Kier alpha value is -2.18. The monoisotopic (exact) mass is 304 g/mol. The van der Waals surface area contributed by atoms with Gasteiger partial charge in [0.05, 0.1) is 0 Å². The quantitative estimate of drug-likeness (QED) is 0.866. The van der Waals surface area contributed by atoms with Gasteiger partial charge in [-0.05, 0) is 19.8 Å². The van der Waals surface area contributed by atoms with E-state index in [9.17, 15) is 4.79 Å². The first-order chi connectivity index (χ1) is 10.5. The Kier molecular flexibility index (Phi) is 3.96. The molecule has 1 amide bonds. The van der Waals surface area contributed by atoms with Crippen LogP contribution < -0.4 is 0 Å². The Labute approximate surface area is 128 Å². The fourth-order valence-electron chi connectivity index (χ4n) is 2.65. The summed E-state index contributed by atoms with van der Waals surface area (Å²) in [7, 11) is 0. The van der Waals surface area contributed by atoms with Crippen LogP contribution in [0.1, 0.15) is 66.5 Å². The lowest BCUT2D eigenvalue weighted by atomic mass is 9.97. The van der Waals surface area contributed by atoms with E-state index in [2.05, 4.69) is 15.3 Å². The van der Waals surface area contributed by atoms with E-state index in [0.717, 1.165) is 19.4 Å². The fraction of sp³-hybridized carbons (Fsp3) is 0.600. The van der Waals surface area contributed by atoms with Gasteiger partial charge in [-0.25, -0.2) is 0 Å². The van der Waals surface area contributed by atoms with Crippen LogP contribution in [-0.2, 0) is 0 Å². The van der Waals surface area contributed by atoms with Crippen molar-refractivity contribution in [2.45, 2.75) is 45.4 Å². The highest BCUT2D eigenvalue weighted by molar-refractivity contribution is 5.92. The normalized spacial score (nSPS) is 18.9. The Balaban J connectivity index is 1.72. The number of piperidine rings is 1. The summed E-state index contributed by atoms with van der Waals surface area (Å²) in [6.07, 6.45) is 1.87. The molecule has 0 spiro atoms. The van der Waals surface area contributed by atoms with Crippen LogP contribution in [0.5, 0.6) is 0 Å². The van der Waals surface area contributed by atoms with Crippen molar-refractivity contribution in [1.29, 1.82) is 0 Å². The molecule has 1 aliphatic rings. The van der Waals surface area contributed by atoms with Crippen LogP contribution in [0.4, 0.5) is 0 Å². The molecule has 0 aliphatic carbocycles. The van der Waals surface area contributed by atoms with E-state index in [0.29, 0.717) is 29.7 Å². The highest BCUT2D eigenvalue weighted by atomic mass is 16.5. The molecule has 22 heavy (non-hydrogen) atoms. The molecule has 3 heterocycles. The van der Waals surface area contributed by atoms with E-state index in [1.54, 1.807) is 17.9 Å². The summed E-state index contributed by atoms with van der Waals surface area (Å²) in [5.41, 5.74) is 0.356. The highest BCUT2D eigenvalue weighted by Crippen LogP contribution is 2.27. The van der Waals surface area contributed by atoms with E-state index in [1.807, 2.05) is 13.8 Å². The first-order valence-corrected chi connectivity index (χ1v) is 7.60. The van der Waals surface area contributed by atoms with Gasteiger partial charge in [0.1, 0.15) is 5.76 Å².